The minimum Gasteiger partial charge on any atom is -0.273 e. The van der Waals surface area contributed by atoms with Crippen molar-refractivity contribution in [2.75, 3.05) is 9.96 Å². The molecule has 2 aliphatic heterocycles. The Hall–Kier alpha value is -2.67. The first-order chi connectivity index (χ1) is 14.5. The summed E-state index contributed by atoms with van der Waals surface area (Å²) in [5, 5.41) is 2.23. The van der Waals surface area contributed by atoms with Crippen LogP contribution in [0.3, 0.4) is 0 Å². The van der Waals surface area contributed by atoms with Gasteiger partial charge >= 0.3 is 0 Å². The van der Waals surface area contributed by atoms with Crippen molar-refractivity contribution in [1.82, 2.24) is 0 Å². The number of hydrogen-bond donors (Lipinski definition) is 0. The molecule has 0 aromatic heterocycles. The summed E-state index contributed by atoms with van der Waals surface area (Å²) in [5.74, 6) is -1.32. The number of imide groups is 1. The van der Waals surface area contributed by atoms with Crippen molar-refractivity contribution in [3.63, 3.8) is 0 Å². The molecule has 0 radical (unpaired) electrons. The smallest absolute Gasteiger partial charge is 0.266 e. The molecule has 3 atom stereocenters. The van der Waals surface area contributed by atoms with Crippen molar-refractivity contribution >= 4 is 50.7 Å². The maximum atomic E-state index is 13.5. The van der Waals surface area contributed by atoms with Gasteiger partial charge in [0.2, 0.25) is 5.91 Å². The first kappa shape index (κ1) is 19.3. The zero-order chi connectivity index (χ0) is 20.8. The van der Waals surface area contributed by atoms with Gasteiger partial charge in [0, 0.05) is 9.50 Å². The van der Waals surface area contributed by atoms with Crippen molar-refractivity contribution in [2.24, 2.45) is 5.92 Å². The lowest BCUT2D eigenvalue weighted by Crippen LogP contribution is -2.37. The molecule has 3 aromatic rings. The van der Waals surface area contributed by atoms with Crippen LogP contribution >= 0.6 is 27.5 Å². The Labute approximate surface area is 186 Å². The molecule has 2 aliphatic rings. The Balaban J connectivity index is 1.59. The Morgan fingerprint density at radius 3 is 2.27 bits per heavy atom. The molecule has 5 nitrogen and oxygen atoms in total. The number of carbonyl (C=O) groups is 2. The van der Waals surface area contributed by atoms with Crippen molar-refractivity contribution in [3.05, 3.63) is 93.9 Å². The number of halogens is 2. The third-order valence-corrected chi connectivity index (χ3v) is 6.15. The van der Waals surface area contributed by atoms with E-state index in [0.29, 0.717) is 10.7 Å². The molecule has 3 aromatic carbocycles. The molecular weight excluding hydrogens is 468 g/mol. The fourth-order valence-electron chi connectivity index (χ4n) is 4.09. The fraction of sp³-hybridized carbons (Fsp3) is 0.130. The van der Waals surface area contributed by atoms with Gasteiger partial charge in [-0.3, -0.25) is 14.4 Å². The van der Waals surface area contributed by atoms with E-state index in [0.717, 1.165) is 15.7 Å². The highest BCUT2D eigenvalue weighted by atomic mass is 79.9. The summed E-state index contributed by atoms with van der Waals surface area (Å²) in [6.07, 6.45) is -0.891. The van der Waals surface area contributed by atoms with Gasteiger partial charge in [0.1, 0.15) is 5.92 Å². The quantitative estimate of drug-likeness (QED) is 0.483. The number of benzene rings is 3. The number of rotatable bonds is 3. The van der Waals surface area contributed by atoms with E-state index in [1.165, 1.54) is 4.90 Å². The minimum absolute atomic E-state index is 0.282. The number of fused-ring (bicyclic) bond motifs is 1. The molecule has 2 fully saturated rings. The second kappa shape index (κ2) is 7.54. The van der Waals surface area contributed by atoms with Crippen molar-refractivity contribution in [3.8, 4) is 0 Å². The van der Waals surface area contributed by atoms with Crippen LogP contribution in [0.5, 0.6) is 0 Å². The van der Waals surface area contributed by atoms with Crippen LogP contribution in [0.1, 0.15) is 11.6 Å². The van der Waals surface area contributed by atoms with Gasteiger partial charge in [-0.2, -0.15) is 0 Å². The fourth-order valence-corrected chi connectivity index (χ4v) is 4.63. The highest BCUT2D eigenvalue weighted by Gasteiger charge is 2.60. The normalized spacial score (nSPS) is 23.2. The zero-order valence-electron chi connectivity index (χ0n) is 15.6. The summed E-state index contributed by atoms with van der Waals surface area (Å²) in [7, 11) is 0. The van der Waals surface area contributed by atoms with Crippen LogP contribution in [0.15, 0.2) is 83.3 Å². The summed E-state index contributed by atoms with van der Waals surface area (Å²) < 4.78 is 0.891. The topological polar surface area (TPSA) is 49.9 Å². The highest BCUT2D eigenvalue weighted by Crippen LogP contribution is 2.47. The van der Waals surface area contributed by atoms with Gasteiger partial charge < -0.3 is 0 Å². The SMILES string of the molecule is O=C1[C@@H]2[C@@H](ON(c3ccccc3)[C@H]2c2cccc(Br)c2)C(=O)N1c1ccc(Cl)cc1. The van der Waals surface area contributed by atoms with Crippen LogP contribution < -0.4 is 9.96 Å². The maximum absolute atomic E-state index is 13.5. The number of anilines is 2. The molecule has 0 N–H and O–H groups in total. The van der Waals surface area contributed by atoms with E-state index in [4.69, 9.17) is 16.4 Å². The Morgan fingerprint density at radius 2 is 1.57 bits per heavy atom. The predicted molar refractivity (Wildman–Crippen MR) is 118 cm³/mol. The van der Waals surface area contributed by atoms with Gasteiger partial charge in [-0.25, -0.2) is 9.96 Å². The van der Waals surface area contributed by atoms with Gasteiger partial charge in [0.05, 0.1) is 17.4 Å². The predicted octanol–water partition coefficient (Wildman–Crippen LogP) is 5.15. The van der Waals surface area contributed by atoms with E-state index >= 15 is 0 Å². The highest BCUT2D eigenvalue weighted by molar-refractivity contribution is 9.10. The second-order valence-corrected chi connectivity index (χ2v) is 8.55. The van der Waals surface area contributed by atoms with Gasteiger partial charge in [-0.1, -0.05) is 57.9 Å². The summed E-state index contributed by atoms with van der Waals surface area (Å²) >= 11 is 9.47. The molecule has 0 aliphatic carbocycles. The molecule has 7 heteroatoms. The lowest BCUT2D eigenvalue weighted by atomic mass is 9.90. The van der Waals surface area contributed by atoms with Gasteiger partial charge in [0.25, 0.3) is 5.91 Å². The van der Waals surface area contributed by atoms with Crippen LogP contribution in [0.2, 0.25) is 5.02 Å². The van der Waals surface area contributed by atoms with Crippen LogP contribution in [-0.4, -0.2) is 17.9 Å². The average Bonchev–Trinajstić information content (AvgIpc) is 3.26. The first-order valence-corrected chi connectivity index (χ1v) is 10.6. The molecule has 5 rings (SSSR count). The maximum Gasteiger partial charge on any atom is 0.266 e. The number of carbonyl (C=O) groups excluding carboxylic acids is 2. The van der Waals surface area contributed by atoms with Crippen LogP contribution in [0, 0.1) is 5.92 Å². The zero-order valence-corrected chi connectivity index (χ0v) is 18.0. The standard InChI is InChI=1S/C23H16BrClN2O3/c24-15-6-4-5-14(13-15)20-19-21(30-27(20)18-7-2-1-3-8-18)23(29)26(22(19)28)17-11-9-16(25)10-12-17/h1-13,19-21H/t19-,20-,21+/m0/s1. The summed E-state index contributed by atoms with van der Waals surface area (Å²) in [5.41, 5.74) is 2.17. The van der Waals surface area contributed by atoms with E-state index in [2.05, 4.69) is 15.9 Å². The van der Waals surface area contributed by atoms with Crippen LogP contribution in [0.4, 0.5) is 11.4 Å². The van der Waals surface area contributed by atoms with Crippen molar-refractivity contribution < 1.29 is 14.4 Å². The Morgan fingerprint density at radius 1 is 0.833 bits per heavy atom. The molecule has 0 bridgehead atoms. The first-order valence-electron chi connectivity index (χ1n) is 9.44. The number of nitrogens with zero attached hydrogens (tertiary/aromatic N) is 2. The van der Waals surface area contributed by atoms with Gasteiger partial charge in [-0.15, -0.1) is 0 Å². The third kappa shape index (κ3) is 3.12. The third-order valence-electron chi connectivity index (χ3n) is 5.40. The molecule has 2 saturated heterocycles. The van der Waals surface area contributed by atoms with Crippen molar-refractivity contribution in [1.29, 1.82) is 0 Å². The van der Waals surface area contributed by atoms with E-state index in [1.807, 2.05) is 54.6 Å². The molecule has 2 heterocycles. The lowest BCUT2D eigenvalue weighted by molar-refractivity contribution is -0.126. The van der Waals surface area contributed by atoms with Crippen molar-refractivity contribution in [2.45, 2.75) is 12.1 Å². The molecule has 150 valence electrons. The molecule has 0 unspecified atom stereocenters. The molecule has 0 spiro atoms. The van der Waals surface area contributed by atoms with Crippen LogP contribution in [0.25, 0.3) is 0 Å². The van der Waals surface area contributed by atoms with Crippen LogP contribution in [-0.2, 0) is 14.4 Å². The average molecular weight is 484 g/mol. The Kier molecular flexibility index (Phi) is 4.85. The lowest BCUT2D eigenvalue weighted by Gasteiger charge is -2.28. The molecule has 2 amide bonds. The number of hydroxylamine groups is 1. The van der Waals surface area contributed by atoms with E-state index in [-0.39, 0.29) is 11.8 Å². The largest absolute Gasteiger partial charge is 0.273 e. The second-order valence-electron chi connectivity index (χ2n) is 7.20. The number of para-hydroxylation sites is 1. The van der Waals surface area contributed by atoms with Gasteiger partial charge in [0.15, 0.2) is 6.10 Å². The Bertz CT molecular complexity index is 1120. The van der Waals surface area contributed by atoms with Gasteiger partial charge in [-0.05, 0) is 54.1 Å². The van der Waals surface area contributed by atoms with E-state index in [1.54, 1.807) is 29.3 Å². The summed E-state index contributed by atoms with van der Waals surface area (Å²) in [6.45, 7) is 0. The summed E-state index contributed by atoms with van der Waals surface area (Å²) in [6, 6.07) is 23.5. The number of amides is 2. The minimum atomic E-state index is -0.891. The molecule has 0 saturated carbocycles. The number of hydrogen-bond acceptors (Lipinski definition) is 4. The van der Waals surface area contributed by atoms with E-state index < -0.39 is 18.1 Å². The monoisotopic (exact) mass is 482 g/mol. The molecular formula is C23H16BrClN2O3. The summed E-state index contributed by atoms with van der Waals surface area (Å²) in [4.78, 5) is 34.0. The molecule has 30 heavy (non-hydrogen) atoms. The van der Waals surface area contributed by atoms with E-state index in [9.17, 15) is 9.59 Å².